The summed E-state index contributed by atoms with van der Waals surface area (Å²) in [5.41, 5.74) is 6.46. The van der Waals surface area contributed by atoms with Crippen LogP contribution >= 0.6 is 11.3 Å². The minimum atomic E-state index is -0.220. The highest BCUT2D eigenvalue weighted by Gasteiger charge is 2.14. The van der Waals surface area contributed by atoms with Crippen LogP contribution in [0.25, 0.3) is 0 Å². The van der Waals surface area contributed by atoms with Crippen molar-refractivity contribution in [2.45, 2.75) is 33.3 Å². The maximum atomic E-state index is 11.7. The van der Waals surface area contributed by atoms with Crippen molar-refractivity contribution in [2.24, 2.45) is 5.73 Å². The molecule has 5 nitrogen and oxygen atoms in total. The number of carbonyl (C=O) groups excluding carboxylic acids is 1. The number of anilines is 1. The number of hydrogen-bond donors (Lipinski definition) is 2. The topological polar surface area (TPSA) is 77.2 Å². The molecule has 1 heterocycles. The molecule has 0 aliphatic carbocycles. The smallest absolute Gasteiger partial charge is 0.228 e. The van der Waals surface area contributed by atoms with Crippen molar-refractivity contribution in [3.05, 3.63) is 10.6 Å². The molecule has 0 aliphatic rings. The van der Waals surface area contributed by atoms with E-state index in [1.807, 2.05) is 20.8 Å². The molecule has 0 fully saturated rings. The molecule has 1 rings (SSSR count). The Kier molecular flexibility index (Phi) is 5.54. The van der Waals surface area contributed by atoms with Gasteiger partial charge in [-0.2, -0.15) is 0 Å². The first-order chi connectivity index (χ1) is 8.06. The number of ether oxygens (including phenoxy) is 1. The van der Waals surface area contributed by atoms with Gasteiger partial charge < -0.3 is 15.8 Å². The molecule has 3 N–H and O–H groups in total. The average molecular weight is 257 g/mol. The van der Waals surface area contributed by atoms with E-state index in [1.54, 1.807) is 0 Å². The van der Waals surface area contributed by atoms with E-state index in [0.717, 1.165) is 10.6 Å². The van der Waals surface area contributed by atoms with Gasteiger partial charge >= 0.3 is 0 Å². The van der Waals surface area contributed by atoms with Crippen LogP contribution in [-0.2, 0) is 9.53 Å². The van der Waals surface area contributed by atoms with Gasteiger partial charge in [0.1, 0.15) is 0 Å². The number of carbonyl (C=O) groups is 1. The second kappa shape index (κ2) is 6.68. The number of hydrogen-bond acceptors (Lipinski definition) is 5. The van der Waals surface area contributed by atoms with Crippen molar-refractivity contribution in [3.8, 4) is 0 Å². The van der Waals surface area contributed by atoms with Crippen molar-refractivity contribution in [2.75, 3.05) is 18.5 Å². The van der Waals surface area contributed by atoms with E-state index < -0.39 is 0 Å². The SMILES string of the molecule is CCOC(CN)CC(=O)Nc1nc(C)c(C)s1. The van der Waals surface area contributed by atoms with Crippen LogP contribution in [0, 0.1) is 13.8 Å². The van der Waals surface area contributed by atoms with E-state index in [-0.39, 0.29) is 18.4 Å². The number of aromatic nitrogens is 1. The maximum Gasteiger partial charge on any atom is 0.228 e. The van der Waals surface area contributed by atoms with Crippen molar-refractivity contribution in [3.63, 3.8) is 0 Å². The number of nitrogens with two attached hydrogens (primary N) is 1. The molecular weight excluding hydrogens is 238 g/mol. The molecule has 1 amide bonds. The summed E-state index contributed by atoms with van der Waals surface area (Å²) in [6, 6.07) is 0. The highest BCUT2D eigenvalue weighted by Crippen LogP contribution is 2.21. The first kappa shape index (κ1) is 14.1. The predicted octanol–water partition coefficient (Wildman–Crippen LogP) is 1.45. The fraction of sp³-hybridized carbons (Fsp3) is 0.636. The van der Waals surface area contributed by atoms with Crippen molar-refractivity contribution in [1.29, 1.82) is 0 Å². The zero-order chi connectivity index (χ0) is 12.8. The Balaban J connectivity index is 2.48. The molecule has 1 aromatic heterocycles. The van der Waals surface area contributed by atoms with Crippen LogP contribution in [0.1, 0.15) is 23.9 Å². The molecule has 0 aromatic carbocycles. The standard InChI is InChI=1S/C11H19N3O2S/c1-4-16-9(6-12)5-10(15)14-11-13-7(2)8(3)17-11/h9H,4-6,12H2,1-3H3,(H,13,14,15). The summed E-state index contributed by atoms with van der Waals surface area (Å²) in [7, 11) is 0. The monoisotopic (exact) mass is 257 g/mol. The van der Waals surface area contributed by atoms with E-state index in [1.165, 1.54) is 11.3 Å². The summed E-state index contributed by atoms with van der Waals surface area (Å²) in [6.07, 6.45) is 0.0457. The molecule has 0 radical (unpaired) electrons. The lowest BCUT2D eigenvalue weighted by Gasteiger charge is -2.13. The highest BCUT2D eigenvalue weighted by atomic mass is 32.1. The van der Waals surface area contributed by atoms with Gasteiger partial charge in [-0.3, -0.25) is 4.79 Å². The zero-order valence-corrected chi connectivity index (χ0v) is 11.3. The predicted molar refractivity (Wildman–Crippen MR) is 69.3 cm³/mol. The maximum absolute atomic E-state index is 11.7. The van der Waals surface area contributed by atoms with E-state index >= 15 is 0 Å². The number of amides is 1. The lowest BCUT2D eigenvalue weighted by Crippen LogP contribution is -2.29. The first-order valence-corrected chi connectivity index (χ1v) is 6.44. The van der Waals surface area contributed by atoms with Gasteiger partial charge in [0.2, 0.25) is 5.91 Å². The van der Waals surface area contributed by atoms with Gasteiger partial charge in [-0.1, -0.05) is 0 Å². The Morgan fingerprint density at radius 1 is 1.59 bits per heavy atom. The third kappa shape index (κ3) is 4.41. The quantitative estimate of drug-likeness (QED) is 0.808. The summed E-state index contributed by atoms with van der Waals surface area (Å²) in [5.74, 6) is -0.109. The van der Waals surface area contributed by atoms with E-state index in [0.29, 0.717) is 18.3 Å². The lowest BCUT2D eigenvalue weighted by molar-refractivity contribution is -0.118. The summed E-state index contributed by atoms with van der Waals surface area (Å²) in [4.78, 5) is 17.1. The van der Waals surface area contributed by atoms with Gasteiger partial charge in [0.15, 0.2) is 5.13 Å². The van der Waals surface area contributed by atoms with Gasteiger partial charge in [0.05, 0.1) is 18.2 Å². The van der Waals surface area contributed by atoms with Crippen LogP contribution in [0.2, 0.25) is 0 Å². The normalized spacial score (nSPS) is 12.5. The van der Waals surface area contributed by atoms with E-state index in [9.17, 15) is 4.79 Å². The second-order valence-corrected chi connectivity index (χ2v) is 4.93. The molecular formula is C11H19N3O2S. The Morgan fingerprint density at radius 2 is 2.29 bits per heavy atom. The van der Waals surface area contributed by atoms with Gasteiger partial charge in [-0.05, 0) is 20.8 Å². The summed E-state index contributed by atoms with van der Waals surface area (Å²) in [6.45, 7) is 6.69. The molecule has 1 atom stereocenters. The Morgan fingerprint density at radius 3 is 2.76 bits per heavy atom. The Hall–Kier alpha value is -0.980. The minimum absolute atomic E-state index is 0.109. The van der Waals surface area contributed by atoms with Crippen molar-refractivity contribution < 1.29 is 9.53 Å². The van der Waals surface area contributed by atoms with Crippen LogP contribution in [0.15, 0.2) is 0 Å². The third-order valence-corrected chi connectivity index (χ3v) is 3.34. The number of aryl methyl sites for hydroxylation is 2. The van der Waals surface area contributed by atoms with Crippen LogP contribution in [0.5, 0.6) is 0 Å². The number of nitrogens with one attached hydrogen (secondary N) is 1. The molecule has 0 saturated heterocycles. The molecule has 1 aromatic rings. The van der Waals surface area contributed by atoms with Crippen LogP contribution in [0.4, 0.5) is 5.13 Å². The largest absolute Gasteiger partial charge is 0.377 e. The van der Waals surface area contributed by atoms with Crippen LogP contribution in [-0.4, -0.2) is 30.1 Å². The van der Waals surface area contributed by atoms with Crippen LogP contribution < -0.4 is 11.1 Å². The Bertz CT molecular complexity index is 359. The third-order valence-electron chi connectivity index (χ3n) is 2.35. The molecule has 0 saturated carbocycles. The van der Waals surface area contributed by atoms with Gasteiger partial charge in [0, 0.05) is 18.0 Å². The summed E-state index contributed by atoms with van der Waals surface area (Å²) >= 11 is 1.48. The molecule has 17 heavy (non-hydrogen) atoms. The molecule has 96 valence electrons. The highest BCUT2D eigenvalue weighted by molar-refractivity contribution is 7.15. The van der Waals surface area contributed by atoms with E-state index in [2.05, 4.69) is 10.3 Å². The lowest BCUT2D eigenvalue weighted by atomic mass is 10.2. The minimum Gasteiger partial charge on any atom is -0.377 e. The summed E-state index contributed by atoms with van der Waals surface area (Å²) < 4.78 is 5.33. The molecule has 6 heteroatoms. The number of nitrogens with zero attached hydrogens (tertiary/aromatic N) is 1. The molecule has 0 bridgehead atoms. The second-order valence-electron chi connectivity index (χ2n) is 3.73. The summed E-state index contributed by atoms with van der Waals surface area (Å²) in [5, 5.41) is 3.40. The van der Waals surface area contributed by atoms with Crippen LogP contribution in [0.3, 0.4) is 0 Å². The average Bonchev–Trinajstić information content (AvgIpc) is 2.57. The van der Waals surface area contributed by atoms with E-state index in [4.69, 9.17) is 10.5 Å². The number of thiazole rings is 1. The first-order valence-electron chi connectivity index (χ1n) is 5.62. The van der Waals surface area contributed by atoms with Gasteiger partial charge in [0.25, 0.3) is 0 Å². The molecule has 1 unspecified atom stereocenters. The van der Waals surface area contributed by atoms with Crippen molar-refractivity contribution >= 4 is 22.4 Å². The zero-order valence-electron chi connectivity index (χ0n) is 10.4. The van der Waals surface area contributed by atoms with Gasteiger partial charge in [-0.25, -0.2) is 4.98 Å². The molecule has 0 aliphatic heterocycles. The number of rotatable bonds is 6. The fourth-order valence-electron chi connectivity index (χ4n) is 1.35. The fourth-order valence-corrected chi connectivity index (χ4v) is 2.18. The Labute approximate surface area is 105 Å². The van der Waals surface area contributed by atoms with Gasteiger partial charge in [-0.15, -0.1) is 11.3 Å². The molecule has 0 spiro atoms. The van der Waals surface area contributed by atoms with Crippen molar-refractivity contribution in [1.82, 2.24) is 4.98 Å².